The van der Waals surface area contributed by atoms with Crippen molar-refractivity contribution < 1.29 is 38.4 Å². The zero-order valence-electron chi connectivity index (χ0n) is 43.0. The molecule has 20 nitrogen and oxygen atoms in total. The van der Waals surface area contributed by atoms with Gasteiger partial charge in [0, 0.05) is 31.2 Å². The van der Waals surface area contributed by atoms with Crippen molar-refractivity contribution in [2.45, 2.75) is 136 Å². The molecule has 0 spiro atoms. The number of benzene rings is 2. The molecule has 3 aromatic rings. The molecular formula is C50H74Cl2N12O8. The molecule has 0 radical (unpaired) electrons. The molecule has 3 heterocycles. The molecule has 2 aromatic carbocycles. The van der Waals surface area contributed by atoms with Crippen molar-refractivity contribution >= 4 is 72.1 Å². The molecular weight excluding hydrogens is 968 g/mol. The fourth-order valence-electron chi connectivity index (χ4n) is 8.53. The highest BCUT2D eigenvalue weighted by atomic mass is 35.5. The second-order valence-corrected chi connectivity index (χ2v) is 19.8. The number of hydrogen-bond donors (Lipinski definition) is 9. The highest BCUT2D eigenvalue weighted by molar-refractivity contribution is 5.99. The zero-order chi connectivity index (χ0) is 51.6. The van der Waals surface area contributed by atoms with Crippen LogP contribution < -0.4 is 42.5 Å². The summed E-state index contributed by atoms with van der Waals surface area (Å²) in [5, 5.41) is 29.9. The highest BCUT2D eigenvalue weighted by Gasteiger charge is 2.47. The first-order chi connectivity index (χ1) is 33.0. The Hall–Kier alpha value is -6.09. The maximum Gasteiger partial charge on any atom is 0.272 e. The average molecular weight is 1040 g/mol. The fraction of sp³-hybridized carbons (Fsp3) is 0.540. The lowest BCUT2D eigenvalue weighted by atomic mass is 9.85. The van der Waals surface area contributed by atoms with Crippen molar-refractivity contribution in [3.05, 3.63) is 89.2 Å². The predicted molar refractivity (Wildman–Crippen MR) is 277 cm³/mol. The molecule has 0 bridgehead atoms. The topological polar surface area (TPSA) is 268 Å². The van der Waals surface area contributed by atoms with Crippen LogP contribution in [0.25, 0.3) is 0 Å². The second-order valence-electron chi connectivity index (χ2n) is 19.8. The molecule has 1 unspecified atom stereocenters. The highest BCUT2D eigenvalue weighted by Crippen LogP contribution is 2.28. The lowest BCUT2D eigenvalue weighted by Gasteiger charge is -2.36. The number of aromatic nitrogens is 2. The van der Waals surface area contributed by atoms with Gasteiger partial charge in [0.25, 0.3) is 11.8 Å². The maximum absolute atomic E-state index is 14.5. The van der Waals surface area contributed by atoms with E-state index in [0.29, 0.717) is 0 Å². The molecule has 0 aliphatic carbocycles. The number of rotatable bonds is 19. The third-order valence-electron chi connectivity index (χ3n) is 13.1. The van der Waals surface area contributed by atoms with E-state index in [1.165, 1.54) is 15.9 Å². The van der Waals surface area contributed by atoms with Crippen LogP contribution in [0.4, 0.5) is 0 Å². The number of halogens is 2. The van der Waals surface area contributed by atoms with Crippen LogP contribution in [0.5, 0.6) is 0 Å². The number of likely N-dealkylation sites (N-methyl/N-ethyl adjacent to an activating group) is 2. The van der Waals surface area contributed by atoms with E-state index in [4.69, 9.17) is 0 Å². The minimum Gasteiger partial charge on any atom is -0.348 e. The number of H-pyrrole nitrogens is 1. The maximum atomic E-state index is 14.5. The van der Waals surface area contributed by atoms with E-state index in [-0.39, 0.29) is 74.0 Å². The second kappa shape index (κ2) is 26.6. The van der Waals surface area contributed by atoms with Crippen LogP contribution in [0, 0.1) is 11.3 Å². The Balaban J connectivity index is 0.00000684. The number of nitrogens with zero attached hydrogens (tertiary/aromatic N) is 3. The van der Waals surface area contributed by atoms with E-state index in [1.807, 2.05) is 95.3 Å². The molecule has 5 rings (SSSR count). The summed E-state index contributed by atoms with van der Waals surface area (Å²) in [5.41, 5.74) is 0.741. The quantitative estimate of drug-likeness (QED) is 0.0841. The molecule has 2 aliphatic rings. The lowest BCUT2D eigenvalue weighted by molar-refractivity contribution is -0.144. The van der Waals surface area contributed by atoms with E-state index in [9.17, 15) is 38.4 Å². The molecule has 72 heavy (non-hydrogen) atoms. The number of hydrogen-bond acceptors (Lipinski definition) is 11. The smallest absolute Gasteiger partial charge is 0.272 e. The summed E-state index contributed by atoms with van der Waals surface area (Å²) < 4.78 is 0. The molecule has 2 saturated heterocycles. The van der Waals surface area contributed by atoms with Crippen LogP contribution in [-0.2, 0) is 28.8 Å². The van der Waals surface area contributed by atoms with Gasteiger partial charge in [-0.1, -0.05) is 95.3 Å². The van der Waals surface area contributed by atoms with Gasteiger partial charge in [0.2, 0.25) is 35.4 Å². The molecule has 2 fully saturated rings. The molecule has 0 saturated carbocycles. The van der Waals surface area contributed by atoms with Gasteiger partial charge in [-0.3, -0.25) is 43.5 Å². The van der Waals surface area contributed by atoms with Crippen LogP contribution in [0.2, 0.25) is 0 Å². The molecule has 9 N–H and O–H groups in total. The van der Waals surface area contributed by atoms with E-state index in [0.717, 1.165) is 11.1 Å². The summed E-state index contributed by atoms with van der Waals surface area (Å²) in [7, 11) is 3.26. The van der Waals surface area contributed by atoms with E-state index in [1.54, 1.807) is 41.8 Å². The van der Waals surface area contributed by atoms with E-state index >= 15 is 0 Å². The SMILES string of the molecule is CN[C@H](C)C(=O)N[C@@H](C(=O)N1C[C@@H](NC(=O)c2cc(C(=O)N[C@H]3C[C@@H](C(=O)N[C@H](C)c4ccccc4)N(C(=O)[C@H](NC(=O)[C@@H](C)NC)C(C)(C)C)C3)[nH]n2)CC1C(=O)N[C@H](C)c1ccccc1)C(C)C.Cl.Cl. The average Bonchev–Trinajstić information content (AvgIpc) is 4.11. The third kappa shape index (κ3) is 15.2. The Morgan fingerprint density at radius 1 is 0.611 bits per heavy atom. The summed E-state index contributed by atoms with van der Waals surface area (Å²) in [4.78, 5) is 113. The van der Waals surface area contributed by atoms with E-state index < -0.39 is 107 Å². The van der Waals surface area contributed by atoms with Crippen molar-refractivity contribution in [3.63, 3.8) is 0 Å². The summed E-state index contributed by atoms with van der Waals surface area (Å²) in [5.74, 6) is -4.27. The van der Waals surface area contributed by atoms with Gasteiger partial charge in [0.05, 0.1) is 24.2 Å². The fourth-order valence-corrected chi connectivity index (χ4v) is 8.53. The first kappa shape index (κ1) is 60.2. The summed E-state index contributed by atoms with van der Waals surface area (Å²) in [6.07, 6.45) is 0.105. The third-order valence-corrected chi connectivity index (χ3v) is 13.1. The van der Waals surface area contributed by atoms with Gasteiger partial charge in [-0.15, -0.1) is 24.8 Å². The van der Waals surface area contributed by atoms with Gasteiger partial charge in [-0.25, -0.2) is 0 Å². The van der Waals surface area contributed by atoms with Crippen LogP contribution in [-0.4, -0.2) is 143 Å². The molecule has 396 valence electrons. The largest absolute Gasteiger partial charge is 0.348 e. The van der Waals surface area contributed by atoms with Crippen molar-refractivity contribution in [1.29, 1.82) is 0 Å². The van der Waals surface area contributed by atoms with Crippen molar-refractivity contribution in [3.8, 4) is 0 Å². The van der Waals surface area contributed by atoms with Crippen molar-refractivity contribution in [2.75, 3.05) is 27.2 Å². The molecule has 8 amide bonds. The Morgan fingerprint density at radius 2 is 1.04 bits per heavy atom. The van der Waals surface area contributed by atoms with E-state index in [2.05, 4.69) is 52.7 Å². The Morgan fingerprint density at radius 3 is 1.47 bits per heavy atom. The number of likely N-dealkylation sites (tertiary alicyclic amines) is 2. The summed E-state index contributed by atoms with van der Waals surface area (Å²) >= 11 is 0. The Bertz CT molecular complexity index is 2350. The first-order valence-electron chi connectivity index (χ1n) is 24.0. The lowest BCUT2D eigenvalue weighted by Crippen LogP contribution is -2.59. The van der Waals surface area contributed by atoms with Crippen LogP contribution >= 0.6 is 24.8 Å². The molecule has 10 atom stereocenters. The minimum absolute atomic E-state index is 0. The minimum atomic E-state index is -1.02. The molecule has 2 aliphatic heterocycles. The number of amides is 8. The van der Waals surface area contributed by atoms with Gasteiger partial charge in [-0.05, 0) is 77.1 Å². The van der Waals surface area contributed by atoms with Crippen molar-refractivity contribution in [2.24, 2.45) is 11.3 Å². The normalized spacial score (nSPS) is 20.0. The predicted octanol–water partition coefficient (Wildman–Crippen LogP) is 2.29. The van der Waals surface area contributed by atoms with Gasteiger partial charge < -0.3 is 52.3 Å². The zero-order valence-corrected chi connectivity index (χ0v) is 44.6. The van der Waals surface area contributed by atoms with Crippen molar-refractivity contribution in [1.82, 2.24) is 62.5 Å². The summed E-state index contributed by atoms with van der Waals surface area (Å²) in [6.45, 7) is 15.9. The number of carbonyl (C=O) groups is 8. The standard InChI is InChI=1S/C50H72N12O8.2ClH/c1-27(2)40(57-42(63)30(5)51-10)48(69)61-25-34(22-38(61)46(67)53-28(3)32-18-14-12-15-19-32)55-44(65)36-24-37(60-59-36)45(66)56-35-23-39(47(68)54-29(4)33-20-16-13-17-21-33)62(26-35)49(70)41(50(7,8)9)58-43(64)31(6)52-11;;/h12-21,24,27-31,34-35,38-41,51-52H,22-23,25-26H2,1-11H3,(H,53,67)(H,54,68)(H,55,65)(H,56,66)(H,57,63)(H,58,64)(H,59,60);2*1H/t28-,29-,30-,31-,34+,35+,38?,39+,40-,41+;;/m1../s1. The Kier molecular flexibility index (Phi) is 22.2. The first-order valence-corrected chi connectivity index (χ1v) is 24.0. The van der Waals surface area contributed by atoms with Crippen LogP contribution in [0.3, 0.4) is 0 Å². The summed E-state index contributed by atoms with van der Waals surface area (Å²) in [6, 6.07) is 12.5. The monoisotopic (exact) mass is 1040 g/mol. The van der Waals surface area contributed by atoms with Crippen LogP contribution in [0.1, 0.15) is 119 Å². The number of aromatic amines is 1. The molecule has 22 heteroatoms. The van der Waals surface area contributed by atoms with Gasteiger partial charge in [0.15, 0.2) is 5.69 Å². The number of carbonyl (C=O) groups excluding carboxylic acids is 8. The Labute approximate surface area is 434 Å². The van der Waals surface area contributed by atoms with Gasteiger partial charge in [0.1, 0.15) is 29.9 Å². The number of nitrogens with one attached hydrogen (secondary N) is 9. The van der Waals surface area contributed by atoms with Crippen LogP contribution in [0.15, 0.2) is 66.7 Å². The van der Waals surface area contributed by atoms with Gasteiger partial charge in [-0.2, -0.15) is 5.10 Å². The van der Waals surface area contributed by atoms with Gasteiger partial charge >= 0.3 is 0 Å². The molecule has 1 aromatic heterocycles.